The quantitative estimate of drug-likeness (QED) is 0.167. The highest BCUT2D eigenvalue weighted by Crippen LogP contribution is 2.44. The number of anilines is 3. The highest BCUT2D eigenvalue weighted by atomic mass is 14.9. The van der Waals surface area contributed by atoms with E-state index < -0.39 is 0 Å². The molecule has 318 valence electrons. The van der Waals surface area contributed by atoms with Gasteiger partial charge in [0.15, 0.2) is 0 Å². The fraction of sp³-hybridized carbons (Fsp3) is 0.0462. The van der Waals surface area contributed by atoms with E-state index in [1.54, 1.807) is 0 Å². The Morgan fingerprint density at radius 2 is 0.896 bits per heavy atom. The Hall–Kier alpha value is -8.46. The van der Waals surface area contributed by atoms with Crippen LogP contribution in [0.4, 0.5) is 17.1 Å². The van der Waals surface area contributed by atoms with E-state index >= 15 is 0 Å². The van der Waals surface area contributed by atoms with E-state index in [-0.39, 0.29) is 12.0 Å². The Morgan fingerprint density at radius 1 is 0.358 bits per heavy atom. The van der Waals surface area contributed by atoms with Crippen molar-refractivity contribution < 1.29 is 0 Å². The lowest BCUT2D eigenvalue weighted by atomic mass is 9.79. The zero-order valence-electron chi connectivity index (χ0n) is 37.3. The molecule has 10 aromatic carbocycles. The minimum atomic E-state index is 0.115. The van der Waals surface area contributed by atoms with Gasteiger partial charge in [-0.3, -0.25) is 0 Å². The average molecular weight is 857 g/mol. The molecule has 0 radical (unpaired) electrons. The molecule has 2 unspecified atom stereocenters. The monoisotopic (exact) mass is 856 g/mol. The average Bonchev–Trinajstić information content (AvgIpc) is 3.39. The van der Waals surface area contributed by atoms with Crippen LogP contribution in [-0.4, -0.2) is 6.04 Å². The zero-order chi connectivity index (χ0) is 44.7. The third kappa shape index (κ3) is 7.83. The first-order valence-electron chi connectivity index (χ1n) is 23.3. The second kappa shape index (κ2) is 17.2. The van der Waals surface area contributed by atoms with Crippen LogP contribution in [0.2, 0.25) is 0 Å². The summed E-state index contributed by atoms with van der Waals surface area (Å²) in [5, 5.41) is 10.4. The zero-order valence-corrected chi connectivity index (χ0v) is 37.3. The van der Waals surface area contributed by atoms with Crippen molar-refractivity contribution in [1.82, 2.24) is 0 Å². The predicted octanol–water partition coefficient (Wildman–Crippen LogP) is 17.5. The number of para-hydroxylation sites is 2. The van der Waals surface area contributed by atoms with Crippen LogP contribution in [-0.2, 0) is 0 Å². The van der Waals surface area contributed by atoms with Crippen LogP contribution in [0.1, 0.15) is 18.1 Å². The van der Waals surface area contributed by atoms with Gasteiger partial charge in [0.2, 0.25) is 0 Å². The molecule has 2 nitrogen and oxygen atoms in total. The maximum Gasteiger partial charge on any atom is 0.0580 e. The molecule has 2 aliphatic rings. The molecule has 0 spiro atoms. The van der Waals surface area contributed by atoms with Crippen LogP contribution in [0, 0.1) is 5.92 Å². The van der Waals surface area contributed by atoms with Crippen molar-refractivity contribution in [3.63, 3.8) is 0 Å². The number of rotatable bonds is 7. The lowest BCUT2D eigenvalue weighted by Gasteiger charge is -2.33. The molecule has 1 heterocycles. The molecule has 2 heteroatoms. The molecule has 1 aliphatic heterocycles. The molecule has 0 saturated heterocycles. The lowest BCUT2D eigenvalue weighted by molar-refractivity contribution is 0.676. The van der Waals surface area contributed by atoms with Crippen molar-refractivity contribution in [1.29, 1.82) is 0 Å². The summed E-state index contributed by atoms with van der Waals surface area (Å²) < 4.78 is 0. The van der Waals surface area contributed by atoms with E-state index in [1.807, 2.05) is 0 Å². The van der Waals surface area contributed by atoms with Gasteiger partial charge in [-0.15, -0.1) is 0 Å². The first-order chi connectivity index (χ1) is 33.1. The molecular formula is C65H48N2. The summed E-state index contributed by atoms with van der Waals surface area (Å²) in [6.07, 6.45) is 4.85. The highest BCUT2D eigenvalue weighted by molar-refractivity contribution is 5.96. The Labute approximate surface area is 393 Å². The van der Waals surface area contributed by atoms with Crippen LogP contribution in [0.25, 0.3) is 88.7 Å². The van der Waals surface area contributed by atoms with E-state index in [9.17, 15) is 0 Å². The van der Waals surface area contributed by atoms with Crippen LogP contribution < -0.4 is 10.6 Å². The standard InChI is InChI=1S/C65H48N2/c1-43-35-54(42-62-53-22-14-20-51(38-53)58-23-7-8-25-60(58)61-26-10-12-28-64(61)67-65(43)62)47-31-29-46(30-32-47)49-19-13-21-52(37-49)59-24-9-11-27-63(59)66-57-40-55(44-15-3-2-4-16-44)39-56(41-57)50-34-33-45-17-5-6-18-48(45)36-50/h2-43,65-67H,1H3. The van der Waals surface area contributed by atoms with E-state index in [2.05, 4.69) is 266 Å². The van der Waals surface area contributed by atoms with Crippen molar-refractivity contribution in [3.8, 4) is 66.8 Å². The van der Waals surface area contributed by atoms with Gasteiger partial charge in [0.05, 0.1) is 6.04 Å². The molecule has 0 amide bonds. The molecule has 2 atom stereocenters. The molecule has 2 bridgehead atoms. The van der Waals surface area contributed by atoms with Gasteiger partial charge in [-0.05, 0) is 149 Å². The molecule has 12 rings (SSSR count). The summed E-state index contributed by atoms with van der Waals surface area (Å²) >= 11 is 0. The van der Waals surface area contributed by atoms with Gasteiger partial charge >= 0.3 is 0 Å². The van der Waals surface area contributed by atoms with Crippen molar-refractivity contribution in [2.24, 2.45) is 5.92 Å². The van der Waals surface area contributed by atoms with Crippen molar-refractivity contribution >= 4 is 39.0 Å². The number of hydrogen-bond acceptors (Lipinski definition) is 2. The van der Waals surface area contributed by atoms with Crippen LogP contribution >= 0.6 is 0 Å². The second-order valence-corrected chi connectivity index (χ2v) is 17.9. The van der Waals surface area contributed by atoms with E-state index in [0.29, 0.717) is 0 Å². The van der Waals surface area contributed by atoms with Crippen molar-refractivity contribution in [3.05, 3.63) is 260 Å². The predicted molar refractivity (Wildman–Crippen MR) is 285 cm³/mol. The maximum absolute atomic E-state index is 4.01. The number of benzene rings is 10. The molecular weight excluding hydrogens is 809 g/mol. The largest absolute Gasteiger partial charge is 0.377 e. The van der Waals surface area contributed by atoms with Gasteiger partial charge in [0.1, 0.15) is 0 Å². The number of allylic oxidation sites excluding steroid dienone is 2. The minimum Gasteiger partial charge on any atom is -0.377 e. The molecule has 0 saturated carbocycles. The fourth-order valence-electron chi connectivity index (χ4n) is 10.2. The van der Waals surface area contributed by atoms with Gasteiger partial charge in [-0.1, -0.05) is 201 Å². The highest BCUT2D eigenvalue weighted by Gasteiger charge is 2.28. The lowest BCUT2D eigenvalue weighted by Crippen LogP contribution is -2.30. The van der Waals surface area contributed by atoms with Gasteiger partial charge in [0, 0.05) is 28.2 Å². The van der Waals surface area contributed by atoms with Gasteiger partial charge in [-0.2, -0.15) is 0 Å². The van der Waals surface area contributed by atoms with Crippen LogP contribution in [0.3, 0.4) is 0 Å². The Kier molecular flexibility index (Phi) is 10.3. The first kappa shape index (κ1) is 40.1. The number of fused-ring (bicyclic) bond motifs is 9. The Bertz CT molecular complexity index is 3540. The third-order valence-corrected chi connectivity index (χ3v) is 13.6. The summed E-state index contributed by atoms with van der Waals surface area (Å²) in [6, 6.07) is 86.2. The smallest absolute Gasteiger partial charge is 0.0580 e. The van der Waals surface area contributed by atoms with E-state index in [1.165, 1.54) is 88.7 Å². The maximum atomic E-state index is 4.01. The van der Waals surface area contributed by atoms with E-state index in [4.69, 9.17) is 0 Å². The van der Waals surface area contributed by atoms with Gasteiger partial charge < -0.3 is 10.6 Å². The molecule has 0 fully saturated rings. The minimum absolute atomic E-state index is 0.115. The SMILES string of the molecule is CC1C=C(c2ccc(-c3cccc(-c4ccccc4Nc4cc(-c5ccccc5)cc(-c5ccc6ccccc6c5)c4)c3)cc2)C=C2c3cccc(c3)-c3ccccc3-c3ccccc3NC21. The molecule has 67 heavy (non-hydrogen) atoms. The Morgan fingerprint density at radius 3 is 1.72 bits per heavy atom. The first-order valence-corrected chi connectivity index (χ1v) is 23.3. The molecule has 1 aliphatic carbocycles. The molecule has 2 N–H and O–H groups in total. The Balaban J connectivity index is 0.852. The summed E-state index contributed by atoms with van der Waals surface area (Å²) in [4.78, 5) is 0. The number of nitrogens with one attached hydrogen (secondary N) is 2. The van der Waals surface area contributed by atoms with Crippen molar-refractivity contribution in [2.75, 3.05) is 10.6 Å². The third-order valence-electron chi connectivity index (χ3n) is 13.6. The van der Waals surface area contributed by atoms with E-state index in [0.717, 1.165) is 28.2 Å². The van der Waals surface area contributed by atoms with Crippen LogP contribution in [0.5, 0.6) is 0 Å². The fourth-order valence-corrected chi connectivity index (χ4v) is 10.2. The second-order valence-electron chi connectivity index (χ2n) is 17.9. The normalized spacial score (nSPS) is 14.9. The van der Waals surface area contributed by atoms with Gasteiger partial charge in [-0.25, -0.2) is 0 Å². The number of hydrogen-bond donors (Lipinski definition) is 2. The summed E-state index contributed by atoms with van der Waals surface area (Å²) in [6.45, 7) is 2.34. The summed E-state index contributed by atoms with van der Waals surface area (Å²) in [5.74, 6) is 0.248. The summed E-state index contributed by atoms with van der Waals surface area (Å²) in [7, 11) is 0. The topological polar surface area (TPSA) is 24.1 Å². The molecule has 0 aromatic heterocycles. The van der Waals surface area contributed by atoms with Gasteiger partial charge in [0.25, 0.3) is 0 Å². The van der Waals surface area contributed by atoms with Crippen LogP contribution in [0.15, 0.2) is 249 Å². The molecule has 10 aromatic rings. The summed E-state index contributed by atoms with van der Waals surface area (Å²) in [5.41, 5.74) is 22.6. The van der Waals surface area contributed by atoms with Crippen molar-refractivity contribution in [2.45, 2.75) is 13.0 Å².